The minimum Gasteiger partial charge on any atom is -0.491 e. The normalized spacial score (nSPS) is 15.7. The summed E-state index contributed by atoms with van der Waals surface area (Å²) in [6.45, 7) is 8.38. The van der Waals surface area contributed by atoms with Crippen LogP contribution in [0.25, 0.3) is 0 Å². The van der Waals surface area contributed by atoms with Crippen LogP contribution in [0.2, 0.25) is 0 Å². The predicted molar refractivity (Wildman–Crippen MR) is 108 cm³/mol. The van der Waals surface area contributed by atoms with Gasteiger partial charge in [0.05, 0.1) is 0 Å². The molecule has 1 unspecified atom stereocenters. The fourth-order valence-corrected chi connectivity index (χ4v) is 3.73. The lowest BCUT2D eigenvalue weighted by Crippen LogP contribution is -2.37. The number of carbonyl (C=O) groups excluding carboxylic acids is 1. The van der Waals surface area contributed by atoms with Gasteiger partial charge >= 0.3 is 0 Å². The molecule has 144 valence electrons. The summed E-state index contributed by atoms with van der Waals surface area (Å²) in [6, 6.07) is 12.1. The minimum absolute atomic E-state index is 0.109. The van der Waals surface area contributed by atoms with E-state index in [1.165, 1.54) is 11.1 Å². The highest BCUT2D eigenvalue weighted by Crippen LogP contribution is 2.19. The van der Waals surface area contributed by atoms with Gasteiger partial charge in [-0.05, 0) is 74.1 Å². The smallest absolute Gasteiger partial charge is 0.159 e. The molecular weight excluding hydrogens is 338 g/mol. The summed E-state index contributed by atoms with van der Waals surface area (Å²) in [5.74, 6) is 0.921. The maximum absolute atomic E-state index is 11.6. The van der Waals surface area contributed by atoms with E-state index in [9.17, 15) is 9.90 Å². The van der Waals surface area contributed by atoms with E-state index in [4.69, 9.17) is 4.74 Å². The van der Waals surface area contributed by atoms with Crippen LogP contribution in [0.15, 0.2) is 36.4 Å². The van der Waals surface area contributed by atoms with Gasteiger partial charge in [0.1, 0.15) is 18.5 Å². The Hall–Kier alpha value is -2.17. The highest BCUT2D eigenvalue weighted by atomic mass is 16.5. The number of fused-ring (bicyclic) bond motifs is 1. The average Bonchev–Trinajstić information content (AvgIpc) is 2.81. The molecule has 3 rings (SSSR count). The van der Waals surface area contributed by atoms with Crippen LogP contribution in [0.1, 0.15) is 39.5 Å². The van der Waals surface area contributed by atoms with Crippen molar-refractivity contribution in [2.75, 3.05) is 26.2 Å². The van der Waals surface area contributed by atoms with Crippen molar-refractivity contribution in [3.63, 3.8) is 0 Å². The maximum Gasteiger partial charge on any atom is 0.159 e. The number of hydrogen-bond donors (Lipinski definition) is 1. The Morgan fingerprint density at radius 3 is 2.41 bits per heavy atom. The minimum atomic E-state index is -0.528. The van der Waals surface area contributed by atoms with E-state index in [0.29, 0.717) is 13.2 Å². The molecule has 27 heavy (non-hydrogen) atoms. The second-order valence-electron chi connectivity index (χ2n) is 7.63. The lowest BCUT2D eigenvalue weighted by Gasteiger charge is -2.23. The lowest BCUT2D eigenvalue weighted by atomic mass is 9.99. The van der Waals surface area contributed by atoms with Crippen molar-refractivity contribution in [3.05, 3.63) is 64.2 Å². The number of aliphatic hydroxyl groups is 1. The highest BCUT2D eigenvalue weighted by molar-refractivity contribution is 5.94. The third-order valence-electron chi connectivity index (χ3n) is 5.11. The van der Waals surface area contributed by atoms with Crippen molar-refractivity contribution >= 4 is 5.78 Å². The first-order chi connectivity index (χ1) is 12.9. The summed E-state index contributed by atoms with van der Waals surface area (Å²) in [7, 11) is 0. The van der Waals surface area contributed by atoms with Gasteiger partial charge in [-0.15, -0.1) is 0 Å². The molecule has 1 atom stereocenters. The number of aliphatic hydroxyl groups excluding tert-OH is 1. The van der Waals surface area contributed by atoms with E-state index in [-0.39, 0.29) is 5.78 Å². The van der Waals surface area contributed by atoms with Gasteiger partial charge < -0.3 is 9.84 Å². The number of rotatable bonds is 6. The molecule has 1 aliphatic heterocycles. The molecule has 4 heteroatoms. The van der Waals surface area contributed by atoms with Crippen molar-refractivity contribution in [1.29, 1.82) is 0 Å². The molecule has 0 bridgehead atoms. The van der Waals surface area contributed by atoms with Crippen LogP contribution in [0, 0.1) is 13.8 Å². The van der Waals surface area contributed by atoms with Crippen LogP contribution in [-0.4, -0.2) is 48.1 Å². The van der Waals surface area contributed by atoms with Gasteiger partial charge in [0.25, 0.3) is 0 Å². The Balaban J connectivity index is 1.53. The quantitative estimate of drug-likeness (QED) is 0.796. The van der Waals surface area contributed by atoms with E-state index < -0.39 is 6.10 Å². The van der Waals surface area contributed by atoms with Gasteiger partial charge in [-0.3, -0.25) is 9.69 Å². The largest absolute Gasteiger partial charge is 0.491 e. The second-order valence-corrected chi connectivity index (χ2v) is 7.63. The average molecular weight is 367 g/mol. The van der Waals surface area contributed by atoms with Gasteiger partial charge in [-0.25, -0.2) is 0 Å². The maximum atomic E-state index is 11.6. The fourth-order valence-electron chi connectivity index (χ4n) is 3.73. The highest BCUT2D eigenvalue weighted by Gasteiger charge is 2.18. The van der Waals surface area contributed by atoms with E-state index in [2.05, 4.69) is 17.0 Å². The van der Waals surface area contributed by atoms with Gasteiger partial charge in [0.15, 0.2) is 5.78 Å². The number of aryl methyl sites for hydroxylation is 2. The monoisotopic (exact) mass is 367 g/mol. The number of benzene rings is 2. The number of ether oxygens (including phenoxy) is 1. The van der Waals surface area contributed by atoms with Crippen molar-refractivity contribution in [2.45, 2.75) is 39.7 Å². The first-order valence-electron chi connectivity index (χ1n) is 9.65. The third-order valence-corrected chi connectivity index (χ3v) is 5.11. The summed E-state index contributed by atoms with van der Waals surface area (Å²) in [5.41, 5.74) is 5.67. The van der Waals surface area contributed by atoms with Crippen LogP contribution in [0.5, 0.6) is 5.75 Å². The van der Waals surface area contributed by atoms with E-state index >= 15 is 0 Å². The molecule has 1 aliphatic rings. The Morgan fingerprint density at radius 2 is 1.74 bits per heavy atom. The second kappa shape index (κ2) is 8.68. The summed E-state index contributed by atoms with van der Waals surface area (Å²) in [4.78, 5) is 13.9. The van der Waals surface area contributed by atoms with Crippen molar-refractivity contribution in [3.8, 4) is 5.75 Å². The van der Waals surface area contributed by atoms with Crippen LogP contribution >= 0.6 is 0 Å². The van der Waals surface area contributed by atoms with Crippen LogP contribution in [0.3, 0.4) is 0 Å². The van der Waals surface area contributed by atoms with Crippen LogP contribution in [-0.2, 0) is 12.8 Å². The number of β-amino-alcohol motifs (C(OH)–C–C–N with tert-alkyl or cyclic N) is 1. The first kappa shape index (κ1) is 19.6. The molecule has 1 heterocycles. The molecule has 0 spiro atoms. The van der Waals surface area contributed by atoms with E-state index in [0.717, 1.165) is 48.4 Å². The Bertz CT molecular complexity index is 795. The molecule has 0 fully saturated rings. The molecule has 0 aliphatic carbocycles. The third kappa shape index (κ3) is 5.41. The molecular formula is C23H29NO3. The molecule has 0 saturated heterocycles. The molecule has 1 N–H and O–H groups in total. The van der Waals surface area contributed by atoms with Gasteiger partial charge in [0.2, 0.25) is 0 Å². The Kier molecular flexibility index (Phi) is 6.30. The summed E-state index contributed by atoms with van der Waals surface area (Å²) in [6.07, 6.45) is 1.32. The van der Waals surface area contributed by atoms with E-state index in [1.807, 2.05) is 38.1 Å². The van der Waals surface area contributed by atoms with Crippen molar-refractivity contribution in [1.82, 2.24) is 4.90 Å². The Labute approximate surface area is 161 Å². The molecule has 0 radical (unpaired) electrons. The number of hydrogen-bond acceptors (Lipinski definition) is 4. The van der Waals surface area contributed by atoms with Crippen molar-refractivity contribution in [2.24, 2.45) is 0 Å². The molecule has 0 amide bonds. The lowest BCUT2D eigenvalue weighted by molar-refractivity contribution is 0.0696. The van der Waals surface area contributed by atoms with Gasteiger partial charge in [0, 0.05) is 25.2 Å². The first-order valence-corrected chi connectivity index (χ1v) is 9.65. The predicted octanol–water partition coefficient (Wildman–Crippen LogP) is 3.35. The Morgan fingerprint density at radius 1 is 1.07 bits per heavy atom. The number of carbonyl (C=O) groups is 1. The van der Waals surface area contributed by atoms with Gasteiger partial charge in [-0.1, -0.05) is 18.2 Å². The zero-order chi connectivity index (χ0) is 19.4. The zero-order valence-corrected chi connectivity index (χ0v) is 16.5. The number of ketones is 1. The fraction of sp³-hybridized carbons (Fsp3) is 0.435. The number of nitrogens with zero attached hydrogens (tertiary/aromatic N) is 1. The molecule has 2 aromatic rings. The summed E-state index contributed by atoms with van der Waals surface area (Å²) < 4.78 is 5.79. The van der Waals surface area contributed by atoms with E-state index in [1.54, 1.807) is 6.92 Å². The molecule has 0 saturated carbocycles. The topological polar surface area (TPSA) is 49.8 Å². The standard InChI is InChI=1S/C23H29NO3/c1-16-10-17(2)12-23(11-16)27-15-22(26)14-24-8-6-19-4-5-20(18(3)25)13-21(19)7-9-24/h4-5,10-13,22,26H,6-9,14-15H2,1-3H3. The molecule has 4 nitrogen and oxygen atoms in total. The van der Waals surface area contributed by atoms with Crippen LogP contribution in [0.4, 0.5) is 0 Å². The SMILES string of the molecule is CC(=O)c1ccc2c(c1)CCN(CC(O)COc1cc(C)cc(C)c1)CC2. The van der Waals surface area contributed by atoms with Crippen molar-refractivity contribution < 1.29 is 14.6 Å². The summed E-state index contributed by atoms with van der Waals surface area (Å²) >= 11 is 0. The van der Waals surface area contributed by atoms with Crippen LogP contribution < -0.4 is 4.74 Å². The number of Topliss-reactive ketones (excluding diaryl/α,β-unsaturated/α-hetero) is 1. The summed E-state index contributed by atoms with van der Waals surface area (Å²) in [5, 5.41) is 10.4. The molecule has 0 aromatic heterocycles. The van der Waals surface area contributed by atoms with Gasteiger partial charge in [-0.2, -0.15) is 0 Å². The molecule has 2 aromatic carbocycles. The zero-order valence-electron chi connectivity index (χ0n) is 16.5.